The summed E-state index contributed by atoms with van der Waals surface area (Å²) in [6.07, 6.45) is 2.52. The number of aryl methyl sites for hydroxylation is 2. The lowest BCUT2D eigenvalue weighted by Gasteiger charge is -2.26. The summed E-state index contributed by atoms with van der Waals surface area (Å²) in [6, 6.07) is 5.46. The van der Waals surface area contributed by atoms with E-state index in [0.717, 1.165) is 24.8 Å². The Hall–Kier alpha value is -1.84. The highest BCUT2D eigenvalue weighted by molar-refractivity contribution is 6.02. The van der Waals surface area contributed by atoms with Gasteiger partial charge in [-0.3, -0.25) is 4.79 Å². The van der Waals surface area contributed by atoms with Crippen LogP contribution in [0.3, 0.4) is 0 Å². The number of Topliss-reactive ketones (excluding diaryl/α,β-unsaturated/α-hetero) is 1. The molecule has 22 heavy (non-hydrogen) atoms. The number of urea groups is 1. The van der Waals surface area contributed by atoms with E-state index >= 15 is 0 Å². The maximum atomic E-state index is 12.8. The summed E-state index contributed by atoms with van der Waals surface area (Å²) < 4.78 is 0. The molecule has 1 saturated heterocycles. The molecule has 120 valence electrons. The molecule has 0 aromatic heterocycles. The van der Waals surface area contributed by atoms with Gasteiger partial charge in [0.15, 0.2) is 5.78 Å². The third kappa shape index (κ3) is 3.49. The number of carbonyl (C=O) groups is 2. The highest BCUT2D eigenvalue weighted by atomic mass is 16.2. The molecule has 1 N–H and O–H groups in total. The molecule has 0 aliphatic carbocycles. The molecule has 2 atom stereocenters. The molecule has 1 aromatic rings. The summed E-state index contributed by atoms with van der Waals surface area (Å²) in [4.78, 5) is 26.8. The van der Waals surface area contributed by atoms with Crippen LogP contribution in [0.2, 0.25) is 0 Å². The second-order valence-corrected chi connectivity index (χ2v) is 6.27. The third-order valence-electron chi connectivity index (χ3n) is 4.59. The van der Waals surface area contributed by atoms with Crippen molar-refractivity contribution in [2.75, 3.05) is 6.54 Å². The van der Waals surface area contributed by atoms with Crippen LogP contribution in [-0.4, -0.2) is 35.3 Å². The summed E-state index contributed by atoms with van der Waals surface area (Å²) in [7, 11) is 0. The largest absolute Gasteiger partial charge is 0.336 e. The number of nitrogens with zero attached hydrogens (tertiary/aromatic N) is 1. The molecule has 0 radical (unpaired) electrons. The number of ketones is 1. The Bertz CT molecular complexity index is 568. The summed E-state index contributed by atoms with van der Waals surface area (Å²) in [5, 5.41) is 2.96. The van der Waals surface area contributed by atoms with Crippen molar-refractivity contribution < 1.29 is 9.59 Å². The fraction of sp³-hybridized carbons (Fsp3) is 0.556. The van der Waals surface area contributed by atoms with Crippen LogP contribution >= 0.6 is 0 Å². The fourth-order valence-electron chi connectivity index (χ4n) is 2.77. The van der Waals surface area contributed by atoms with Crippen LogP contribution in [0.4, 0.5) is 4.79 Å². The Morgan fingerprint density at radius 1 is 1.32 bits per heavy atom. The van der Waals surface area contributed by atoms with Gasteiger partial charge in [0.05, 0.1) is 6.04 Å². The minimum absolute atomic E-state index is 0.0555. The van der Waals surface area contributed by atoms with Gasteiger partial charge in [-0.25, -0.2) is 4.79 Å². The second-order valence-electron chi connectivity index (χ2n) is 6.27. The molecule has 2 rings (SSSR count). The van der Waals surface area contributed by atoms with Gasteiger partial charge in [0, 0.05) is 18.2 Å². The minimum atomic E-state index is -0.328. The molecule has 0 saturated carbocycles. The van der Waals surface area contributed by atoms with Gasteiger partial charge < -0.3 is 10.2 Å². The highest BCUT2D eigenvalue weighted by Crippen LogP contribution is 2.22. The Balaban J connectivity index is 2.14. The first kappa shape index (κ1) is 16.5. The summed E-state index contributed by atoms with van der Waals surface area (Å²) in [5.41, 5.74) is 2.99. The van der Waals surface area contributed by atoms with Crippen molar-refractivity contribution in [3.8, 4) is 0 Å². The van der Waals surface area contributed by atoms with Crippen molar-refractivity contribution in [2.45, 2.75) is 59.0 Å². The fourth-order valence-corrected chi connectivity index (χ4v) is 2.77. The van der Waals surface area contributed by atoms with Crippen molar-refractivity contribution in [3.63, 3.8) is 0 Å². The average Bonchev–Trinajstić information content (AvgIpc) is 2.98. The number of likely N-dealkylation sites (tertiary alicyclic amines) is 1. The molecule has 0 spiro atoms. The molecule has 1 aliphatic rings. The maximum Gasteiger partial charge on any atom is 0.318 e. The number of carbonyl (C=O) groups excluding carboxylic acids is 2. The summed E-state index contributed by atoms with van der Waals surface area (Å²) in [6.45, 7) is 8.71. The Morgan fingerprint density at radius 2 is 2.05 bits per heavy atom. The van der Waals surface area contributed by atoms with E-state index in [1.807, 2.05) is 45.9 Å². The zero-order valence-corrected chi connectivity index (χ0v) is 14.0. The smallest absolute Gasteiger partial charge is 0.318 e. The lowest BCUT2D eigenvalue weighted by atomic mass is 9.98. The molecular formula is C18H26N2O2. The van der Waals surface area contributed by atoms with Crippen molar-refractivity contribution in [2.24, 2.45) is 0 Å². The van der Waals surface area contributed by atoms with E-state index in [9.17, 15) is 9.59 Å². The van der Waals surface area contributed by atoms with E-state index in [2.05, 4.69) is 5.32 Å². The van der Waals surface area contributed by atoms with Crippen molar-refractivity contribution in [1.29, 1.82) is 0 Å². The monoisotopic (exact) mass is 302 g/mol. The van der Waals surface area contributed by atoms with E-state index < -0.39 is 0 Å². The number of benzene rings is 1. The Morgan fingerprint density at radius 3 is 2.68 bits per heavy atom. The van der Waals surface area contributed by atoms with E-state index in [1.165, 1.54) is 5.56 Å². The molecule has 1 aliphatic heterocycles. The lowest BCUT2D eigenvalue weighted by Crippen LogP contribution is -2.48. The van der Waals surface area contributed by atoms with Gasteiger partial charge in [-0.05, 0) is 57.2 Å². The second kappa shape index (κ2) is 6.95. The van der Waals surface area contributed by atoms with E-state index in [0.29, 0.717) is 12.1 Å². The molecule has 4 heteroatoms. The number of amides is 2. The first-order chi connectivity index (χ1) is 10.4. The van der Waals surface area contributed by atoms with Crippen molar-refractivity contribution >= 4 is 11.8 Å². The molecule has 2 unspecified atom stereocenters. The van der Waals surface area contributed by atoms with Crippen LogP contribution in [0.25, 0.3) is 0 Å². The van der Waals surface area contributed by atoms with Gasteiger partial charge in [-0.15, -0.1) is 0 Å². The molecule has 1 fully saturated rings. The van der Waals surface area contributed by atoms with Gasteiger partial charge in [0.2, 0.25) is 0 Å². The molecule has 4 nitrogen and oxygen atoms in total. The first-order valence-corrected chi connectivity index (χ1v) is 8.12. The average molecular weight is 302 g/mol. The minimum Gasteiger partial charge on any atom is -0.336 e. The number of hydrogen-bond donors (Lipinski definition) is 1. The zero-order chi connectivity index (χ0) is 16.3. The molecule has 2 amide bonds. The Labute approximate surface area is 132 Å². The zero-order valence-electron chi connectivity index (χ0n) is 14.0. The van der Waals surface area contributed by atoms with Crippen molar-refractivity contribution in [3.05, 3.63) is 34.9 Å². The van der Waals surface area contributed by atoms with Gasteiger partial charge in [-0.2, -0.15) is 0 Å². The topological polar surface area (TPSA) is 49.4 Å². The quantitative estimate of drug-likeness (QED) is 0.866. The van der Waals surface area contributed by atoms with Gasteiger partial charge >= 0.3 is 6.03 Å². The van der Waals surface area contributed by atoms with Crippen LogP contribution in [0.1, 0.15) is 54.6 Å². The van der Waals surface area contributed by atoms with E-state index in [1.54, 1.807) is 4.90 Å². The SMILES string of the molecule is CCC(C)NC(=O)N1CCCC1C(=O)c1ccc(C)c(C)c1. The number of rotatable bonds is 4. The molecular weight excluding hydrogens is 276 g/mol. The standard InChI is InChI=1S/C18H26N2O2/c1-5-14(4)19-18(22)20-10-6-7-16(20)17(21)15-9-8-12(2)13(3)11-15/h8-9,11,14,16H,5-7,10H2,1-4H3,(H,19,22). The van der Waals surface area contributed by atoms with Crippen LogP contribution in [0, 0.1) is 13.8 Å². The predicted octanol–water partition coefficient (Wildman–Crippen LogP) is 3.46. The molecule has 1 aromatic carbocycles. The molecule has 1 heterocycles. The predicted molar refractivity (Wildman–Crippen MR) is 88.3 cm³/mol. The van der Waals surface area contributed by atoms with Crippen LogP contribution < -0.4 is 5.32 Å². The number of nitrogens with one attached hydrogen (secondary N) is 1. The van der Waals surface area contributed by atoms with Crippen LogP contribution in [0.5, 0.6) is 0 Å². The molecule has 0 bridgehead atoms. The summed E-state index contributed by atoms with van der Waals surface area (Å²) in [5.74, 6) is 0.0555. The van der Waals surface area contributed by atoms with Gasteiger partial charge in [-0.1, -0.05) is 19.1 Å². The summed E-state index contributed by atoms with van der Waals surface area (Å²) >= 11 is 0. The van der Waals surface area contributed by atoms with Crippen LogP contribution in [-0.2, 0) is 0 Å². The van der Waals surface area contributed by atoms with Gasteiger partial charge in [0.1, 0.15) is 0 Å². The van der Waals surface area contributed by atoms with Crippen molar-refractivity contribution in [1.82, 2.24) is 10.2 Å². The third-order valence-corrected chi connectivity index (χ3v) is 4.59. The highest BCUT2D eigenvalue weighted by Gasteiger charge is 2.34. The van der Waals surface area contributed by atoms with E-state index in [4.69, 9.17) is 0 Å². The lowest BCUT2D eigenvalue weighted by molar-refractivity contribution is 0.0885. The normalized spacial score (nSPS) is 19.1. The van der Waals surface area contributed by atoms with Gasteiger partial charge in [0.25, 0.3) is 0 Å². The Kier molecular flexibility index (Phi) is 5.22. The number of hydrogen-bond acceptors (Lipinski definition) is 2. The maximum absolute atomic E-state index is 12.8. The van der Waals surface area contributed by atoms with E-state index in [-0.39, 0.29) is 23.9 Å². The first-order valence-electron chi connectivity index (χ1n) is 8.12. The van der Waals surface area contributed by atoms with Crippen LogP contribution in [0.15, 0.2) is 18.2 Å².